The normalized spacial score (nSPS) is 13.8. The minimum absolute atomic E-state index is 0.0408. The highest BCUT2D eigenvalue weighted by Crippen LogP contribution is 2.17. The molecule has 1 unspecified atom stereocenters. The predicted octanol–water partition coefficient (Wildman–Crippen LogP) is 3.07. The molecule has 0 aliphatic heterocycles. The van der Waals surface area contributed by atoms with Crippen molar-refractivity contribution in [3.63, 3.8) is 0 Å². The fraction of sp³-hybridized carbons (Fsp3) is 0.538. The maximum Gasteiger partial charge on any atom is 0.240 e. The second-order valence-corrected chi connectivity index (χ2v) is 7.34. The zero-order valence-corrected chi connectivity index (χ0v) is 12.9. The molecule has 0 bridgehead atoms. The molecular weight excluding hydrogens is 289 g/mol. The van der Waals surface area contributed by atoms with Crippen LogP contribution >= 0.6 is 11.6 Å². The van der Waals surface area contributed by atoms with Crippen molar-refractivity contribution in [2.24, 2.45) is 5.92 Å². The van der Waals surface area contributed by atoms with Gasteiger partial charge < -0.3 is 0 Å². The van der Waals surface area contributed by atoms with Gasteiger partial charge in [-0.2, -0.15) is 0 Å². The zero-order valence-electron chi connectivity index (χ0n) is 11.3. The number of aryl methyl sites for hydroxylation is 1. The maximum absolute atomic E-state index is 13.1. The zero-order chi connectivity index (χ0) is 14.6. The van der Waals surface area contributed by atoms with Crippen LogP contribution in [-0.2, 0) is 10.0 Å². The number of hydrogen-bond acceptors (Lipinski definition) is 2. The van der Waals surface area contributed by atoms with Crippen molar-refractivity contribution >= 4 is 21.6 Å². The summed E-state index contributed by atoms with van der Waals surface area (Å²) in [6.45, 7) is 5.79. The summed E-state index contributed by atoms with van der Waals surface area (Å²) >= 11 is 6.04. The van der Waals surface area contributed by atoms with Gasteiger partial charge in [0, 0.05) is 11.9 Å². The smallest absolute Gasteiger partial charge is 0.210 e. The van der Waals surface area contributed by atoms with Gasteiger partial charge in [-0.3, -0.25) is 0 Å². The van der Waals surface area contributed by atoms with Crippen molar-refractivity contribution in [1.29, 1.82) is 0 Å². The molecule has 1 aromatic carbocycles. The molecule has 0 saturated carbocycles. The highest BCUT2D eigenvalue weighted by Gasteiger charge is 2.19. The molecule has 1 atom stereocenters. The van der Waals surface area contributed by atoms with E-state index in [9.17, 15) is 12.8 Å². The Morgan fingerprint density at radius 3 is 2.58 bits per heavy atom. The van der Waals surface area contributed by atoms with Crippen LogP contribution < -0.4 is 4.72 Å². The lowest BCUT2D eigenvalue weighted by Crippen LogP contribution is -2.31. The van der Waals surface area contributed by atoms with E-state index in [4.69, 9.17) is 11.6 Å². The van der Waals surface area contributed by atoms with E-state index < -0.39 is 15.8 Å². The Hall–Kier alpha value is -0.650. The van der Waals surface area contributed by atoms with Crippen LogP contribution in [0, 0.1) is 18.7 Å². The van der Waals surface area contributed by atoms with Gasteiger partial charge in [0.15, 0.2) is 0 Å². The second kappa shape index (κ2) is 6.68. The Labute approximate surface area is 119 Å². The number of hydrogen-bond donors (Lipinski definition) is 1. The number of rotatable bonds is 6. The summed E-state index contributed by atoms with van der Waals surface area (Å²) in [5, 5.41) is -0.274. The third-order valence-electron chi connectivity index (χ3n) is 2.66. The molecule has 0 radical (unpaired) electrons. The summed E-state index contributed by atoms with van der Waals surface area (Å²) in [7, 11) is -3.72. The molecule has 108 valence electrons. The Morgan fingerprint density at radius 1 is 1.37 bits per heavy atom. The van der Waals surface area contributed by atoms with Crippen molar-refractivity contribution in [1.82, 2.24) is 4.72 Å². The largest absolute Gasteiger partial charge is 0.240 e. The van der Waals surface area contributed by atoms with Gasteiger partial charge in [-0.15, -0.1) is 11.6 Å². The first kappa shape index (κ1) is 16.4. The van der Waals surface area contributed by atoms with Crippen LogP contribution in [0.4, 0.5) is 4.39 Å². The summed E-state index contributed by atoms with van der Waals surface area (Å²) in [6.07, 6.45) is 0.714. The maximum atomic E-state index is 13.1. The third-order valence-corrected chi connectivity index (χ3v) is 4.56. The third kappa shape index (κ3) is 5.09. The van der Waals surface area contributed by atoms with Gasteiger partial charge >= 0.3 is 0 Å². The first-order valence-electron chi connectivity index (χ1n) is 6.12. The fourth-order valence-electron chi connectivity index (χ4n) is 1.74. The molecule has 6 heteroatoms. The standard InChI is InChI=1S/C13H19ClFNO2S/c1-9(2)6-11(14)8-16-19(17,18)13-7-12(15)5-4-10(13)3/h4-5,7,9,11,16H,6,8H2,1-3H3. The lowest BCUT2D eigenvalue weighted by molar-refractivity contribution is 0.543. The van der Waals surface area contributed by atoms with Crippen molar-refractivity contribution in [2.45, 2.75) is 37.5 Å². The first-order valence-corrected chi connectivity index (χ1v) is 8.04. The van der Waals surface area contributed by atoms with E-state index in [2.05, 4.69) is 4.72 Å². The number of benzene rings is 1. The molecular formula is C13H19ClFNO2S. The van der Waals surface area contributed by atoms with Gasteiger partial charge in [0.1, 0.15) is 5.82 Å². The summed E-state index contributed by atoms with van der Waals surface area (Å²) in [6, 6.07) is 3.69. The first-order chi connectivity index (χ1) is 8.72. The van der Waals surface area contributed by atoms with Crippen LogP contribution in [0.1, 0.15) is 25.8 Å². The monoisotopic (exact) mass is 307 g/mol. The van der Waals surface area contributed by atoms with Crippen LogP contribution in [0.3, 0.4) is 0 Å². The van der Waals surface area contributed by atoms with E-state index in [0.29, 0.717) is 17.9 Å². The molecule has 0 spiro atoms. The molecule has 0 aliphatic rings. The molecule has 3 nitrogen and oxygen atoms in total. The topological polar surface area (TPSA) is 46.2 Å². The molecule has 0 heterocycles. The van der Waals surface area contributed by atoms with Gasteiger partial charge in [0.05, 0.1) is 4.90 Å². The average molecular weight is 308 g/mol. The Kier molecular flexibility index (Phi) is 5.77. The highest BCUT2D eigenvalue weighted by molar-refractivity contribution is 7.89. The van der Waals surface area contributed by atoms with Crippen LogP contribution in [0.2, 0.25) is 0 Å². The number of nitrogens with one attached hydrogen (secondary N) is 1. The lowest BCUT2D eigenvalue weighted by atomic mass is 10.1. The lowest BCUT2D eigenvalue weighted by Gasteiger charge is -2.14. The summed E-state index contributed by atoms with van der Waals surface area (Å²) in [5.74, 6) is -0.182. The van der Waals surface area contributed by atoms with Gasteiger partial charge in [0.2, 0.25) is 10.0 Å². The molecule has 1 rings (SSSR count). The van der Waals surface area contributed by atoms with E-state index in [1.54, 1.807) is 6.92 Å². The predicted molar refractivity (Wildman–Crippen MR) is 75.4 cm³/mol. The van der Waals surface area contributed by atoms with Gasteiger partial charge in [-0.05, 0) is 37.0 Å². The number of alkyl halides is 1. The Balaban J connectivity index is 2.79. The molecule has 1 N–H and O–H groups in total. The summed E-state index contributed by atoms with van der Waals surface area (Å²) in [5.41, 5.74) is 0.504. The van der Waals surface area contributed by atoms with E-state index in [1.165, 1.54) is 12.1 Å². The van der Waals surface area contributed by atoms with Gasteiger partial charge in [-0.25, -0.2) is 17.5 Å². The second-order valence-electron chi connectivity index (χ2n) is 4.99. The van der Waals surface area contributed by atoms with Crippen LogP contribution in [0.15, 0.2) is 23.1 Å². The van der Waals surface area contributed by atoms with E-state index >= 15 is 0 Å². The summed E-state index contributed by atoms with van der Waals surface area (Å²) in [4.78, 5) is -0.0408. The molecule has 0 amide bonds. The quantitative estimate of drug-likeness (QED) is 0.821. The fourth-order valence-corrected chi connectivity index (χ4v) is 3.60. The van der Waals surface area contributed by atoms with Crippen molar-refractivity contribution < 1.29 is 12.8 Å². The average Bonchev–Trinajstić information content (AvgIpc) is 2.29. The minimum Gasteiger partial charge on any atom is -0.210 e. The van der Waals surface area contributed by atoms with Gasteiger partial charge in [-0.1, -0.05) is 19.9 Å². The molecule has 0 saturated heterocycles. The van der Waals surface area contributed by atoms with Crippen molar-refractivity contribution in [3.05, 3.63) is 29.6 Å². The highest BCUT2D eigenvalue weighted by atomic mass is 35.5. The van der Waals surface area contributed by atoms with E-state index in [0.717, 1.165) is 6.07 Å². The van der Waals surface area contributed by atoms with Crippen LogP contribution in [0.25, 0.3) is 0 Å². The van der Waals surface area contributed by atoms with Crippen LogP contribution in [-0.4, -0.2) is 20.3 Å². The molecule has 0 aliphatic carbocycles. The summed E-state index contributed by atoms with van der Waals surface area (Å²) < 4.78 is 39.7. The Morgan fingerprint density at radius 2 is 2.00 bits per heavy atom. The molecule has 0 aromatic heterocycles. The molecule has 0 fully saturated rings. The SMILES string of the molecule is Cc1ccc(F)cc1S(=O)(=O)NCC(Cl)CC(C)C. The van der Waals surface area contributed by atoms with Crippen LogP contribution in [0.5, 0.6) is 0 Å². The van der Waals surface area contributed by atoms with E-state index in [-0.39, 0.29) is 16.8 Å². The van der Waals surface area contributed by atoms with Crippen molar-refractivity contribution in [2.75, 3.05) is 6.54 Å². The molecule has 19 heavy (non-hydrogen) atoms. The number of halogens is 2. The number of sulfonamides is 1. The molecule has 1 aromatic rings. The Bertz CT molecular complexity index is 531. The van der Waals surface area contributed by atoms with Gasteiger partial charge in [0.25, 0.3) is 0 Å². The minimum atomic E-state index is -3.72. The van der Waals surface area contributed by atoms with E-state index in [1.807, 2.05) is 13.8 Å². The van der Waals surface area contributed by atoms with Crippen molar-refractivity contribution in [3.8, 4) is 0 Å².